The van der Waals surface area contributed by atoms with Crippen LogP contribution in [0.15, 0.2) is 254 Å². The molecule has 24 heteroatoms. The van der Waals surface area contributed by atoms with Crippen molar-refractivity contribution in [1.82, 2.24) is 59.8 Å². The second kappa shape index (κ2) is 37.4. The Morgan fingerprint density at radius 1 is 0.427 bits per heavy atom. The number of rotatable bonds is 14. The number of ketones is 4. The van der Waals surface area contributed by atoms with Crippen LogP contribution in [0.2, 0.25) is 0 Å². The van der Waals surface area contributed by atoms with Crippen molar-refractivity contribution in [3.8, 4) is 79.3 Å². The molecule has 0 aliphatic heterocycles. The summed E-state index contributed by atoms with van der Waals surface area (Å²) in [4.78, 5) is 125. The fourth-order valence-corrected chi connectivity index (χ4v) is 24.6. The molecule has 0 radical (unpaired) electrons. The fraction of sp³-hybridized carbons (Fsp3) is 0.311. The number of pyridine rings is 4. The van der Waals surface area contributed by atoms with E-state index in [1.807, 2.05) is 126 Å². The molecular formula is C119H102F4N16O4. The Labute approximate surface area is 827 Å². The summed E-state index contributed by atoms with van der Waals surface area (Å²) in [6, 6.07) is 46.8. The van der Waals surface area contributed by atoms with Gasteiger partial charge in [-0.05, 0) is 211 Å². The molecule has 0 N–H and O–H groups in total. The summed E-state index contributed by atoms with van der Waals surface area (Å²) >= 11 is 0. The van der Waals surface area contributed by atoms with E-state index in [9.17, 15) is 28.0 Å². The van der Waals surface area contributed by atoms with Gasteiger partial charge >= 0.3 is 0 Å². The van der Waals surface area contributed by atoms with Crippen molar-refractivity contribution in [2.45, 2.75) is 185 Å². The summed E-state index contributed by atoms with van der Waals surface area (Å²) in [5.74, 6) is 0.593. The third kappa shape index (κ3) is 16.6. The largest absolute Gasteiger partial charge is 0.308 e. The maximum atomic E-state index is 15.3. The smallest absolute Gasteiger partial charge is 0.226 e. The predicted octanol–water partition coefficient (Wildman–Crippen LogP) is 25.4. The molecule has 23 rings (SSSR count). The second-order valence-corrected chi connectivity index (χ2v) is 40.7. The highest BCUT2D eigenvalue weighted by Gasteiger charge is 2.59. The molecule has 0 spiro atoms. The van der Waals surface area contributed by atoms with E-state index in [-0.39, 0.29) is 105 Å². The summed E-state index contributed by atoms with van der Waals surface area (Å²) < 4.78 is 58.7. The Balaban J connectivity index is 0.000000117. The van der Waals surface area contributed by atoms with Crippen molar-refractivity contribution < 1.29 is 36.7 Å². The Bertz CT molecular complexity index is 7890. The molecule has 10 aliphatic carbocycles. The van der Waals surface area contributed by atoms with Crippen LogP contribution in [0.3, 0.4) is 0 Å². The van der Waals surface area contributed by atoms with E-state index in [1.54, 1.807) is 91.3 Å². The zero-order valence-corrected chi connectivity index (χ0v) is 80.7. The molecule has 0 saturated heterocycles. The monoisotopic (exact) mass is 1890 g/mol. The van der Waals surface area contributed by atoms with Gasteiger partial charge in [0.1, 0.15) is 24.1 Å². The number of nitrogens with zero attached hydrogens (tertiary/aromatic N) is 16. The number of fused-ring (bicyclic) bond motifs is 14. The number of allylic oxidation sites excluding steroid dienone is 10. The van der Waals surface area contributed by atoms with E-state index in [1.165, 1.54) is 35.7 Å². The zero-order valence-electron chi connectivity index (χ0n) is 80.7. The van der Waals surface area contributed by atoms with Gasteiger partial charge < -0.3 is 19.2 Å². The number of carbonyl (C=O) groups is 4. The molecule has 143 heavy (non-hydrogen) atoms. The van der Waals surface area contributed by atoms with Crippen LogP contribution in [-0.4, -0.2) is 82.9 Å². The van der Waals surface area contributed by atoms with Gasteiger partial charge in [0.05, 0.1) is 88.6 Å². The van der Waals surface area contributed by atoms with Crippen molar-refractivity contribution in [3.05, 3.63) is 380 Å². The normalized spacial score (nSPS) is 24.5. The Hall–Kier alpha value is -15.7. The standard InChI is InChI=1S/C34H29FN4O.C31H27FN4O.C27H22F2N4O.C27H24N4O/c1-20(2)18-34(4)28-15-14-24-29(23-11-6-8-12-25(23)35)38-32(22-16-17-37-26-13-9-7-10-21(22)26)39-30(24)33(28,3)19-27(36-5)31(34)40;1-4-7-20-23-13-12-22-27(21-8-5-6-9-24(21)32)35-30(19-14-15-34-25(16-19)18-10-11-18)36-29(22)31(23,2)17-26(33-3)28(20)37;1-15-20-9-8-19-23(18-6-4-5-7-21(18)29)32-26(16-10-11-31-17(12-16)14-28)33-25(19)27(20,2)13-22(30-3)24(15)34;1-15-20-11-10-19-23(16-8-9-16)30-26(18-12-13-29-21-7-5-4-6-17(18)21)31-25(19)27(20,2)14-22(28-3)24(15)32/h6-13,16-17,19,28H,1,14-15,18H2,2-4H3;4-6,8-9,14-18,20,23H,1,7,10-13H2,2H3;4-7,10-13,15,20H,8-9,14H2,1-2H3;4-7,12-16,20H,8-11H2,1-2H3/t28-,33+,34+;20-,23-,31-;2*15-,20-,27-/m0111/s1. The topological polar surface area (TPSA) is 240 Å². The van der Waals surface area contributed by atoms with Crippen molar-refractivity contribution in [1.29, 1.82) is 0 Å². The van der Waals surface area contributed by atoms with Crippen LogP contribution in [0.1, 0.15) is 194 Å². The molecule has 0 amide bonds. The maximum absolute atomic E-state index is 15.3. The lowest BCUT2D eigenvalue weighted by molar-refractivity contribution is -0.130. The van der Waals surface area contributed by atoms with Crippen molar-refractivity contribution in [3.63, 3.8) is 0 Å². The lowest BCUT2D eigenvalue weighted by Gasteiger charge is -2.52. The van der Waals surface area contributed by atoms with E-state index in [2.05, 4.69) is 79.3 Å². The highest BCUT2D eigenvalue weighted by atomic mass is 19.1. The molecule has 8 aromatic heterocycles. The molecule has 10 aliphatic rings. The molecular weight excluding hydrogens is 1790 g/mol. The Kier molecular flexibility index (Phi) is 24.8. The number of hydrogen-bond acceptors (Lipinski definition) is 16. The number of benzene rings is 5. The molecule has 13 aromatic rings. The first-order valence-electron chi connectivity index (χ1n) is 48.9. The number of halogens is 4. The minimum absolute atomic E-state index is 0.0252. The van der Waals surface area contributed by atoms with Crippen LogP contribution < -0.4 is 0 Å². The van der Waals surface area contributed by atoms with Gasteiger partial charge in [0, 0.05) is 154 Å². The van der Waals surface area contributed by atoms with E-state index < -0.39 is 39.6 Å². The molecule has 2 fully saturated rings. The van der Waals surface area contributed by atoms with Crippen molar-refractivity contribution in [2.75, 3.05) is 0 Å². The summed E-state index contributed by atoms with van der Waals surface area (Å²) in [5, 5.41) is 1.93. The number of para-hydroxylation sites is 2. The highest BCUT2D eigenvalue weighted by molar-refractivity contribution is 6.05. The van der Waals surface area contributed by atoms with Crippen LogP contribution in [0, 0.1) is 90.6 Å². The first-order valence-corrected chi connectivity index (χ1v) is 48.9. The van der Waals surface area contributed by atoms with Crippen LogP contribution >= 0.6 is 0 Å². The quantitative estimate of drug-likeness (QED) is 0.0558. The third-order valence-corrected chi connectivity index (χ3v) is 31.8. The summed E-state index contributed by atoms with van der Waals surface area (Å²) in [7, 11) is 0. The minimum Gasteiger partial charge on any atom is -0.308 e. The Morgan fingerprint density at radius 3 is 1.30 bits per heavy atom. The average molecular weight is 1900 g/mol. The van der Waals surface area contributed by atoms with Gasteiger partial charge in [-0.3, -0.25) is 19.9 Å². The maximum Gasteiger partial charge on any atom is 0.226 e. The lowest BCUT2D eigenvalue weighted by Crippen LogP contribution is -2.52. The van der Waals surface area contributed by atoms with Crippen LogP contribution in [0.25, 0.3) is 121 Å². The van der Waals surface area contributed by atoms with Gasteiger partial charge in [-0.25, -0.2) is 76.8 Å². The van der Waals surface area contributed by atoms with Gasteiger partial charge in [-0.15, -0.1) is 13.2 Å². The zero-order chi connectivity index (χ0) is 100. The fourth-order valence-electron chi connectivity index (χ4n) is 24.6. The van der Waals surface area contributed by atoms with Gasteiger partial charge in [-0.2, -0.15) is 0 Å². The minimum atomic E-state index is -0.806. The van der Waals surface area contributed by atoms with Crippen molar-refractivity contribution in [2.24, 2.45) is 46.8 Å². The van der Waals surface area contributed by atoms with Gasteiger partial charge in [0.15, 0.2) is 46.4 Å². The number of carbonyl (C=O) groups excluding carboxylic acids is 4. The number of Topliss-reactive ketones (excluding diaryl/α,β-unsaturated/α-hetero) is 4. The van der Waals surface area contributed by atoms with Gasteiger partial charge in [0.25, 0.3) is 0 Å². The molecule has 12 atom stereocenters. The second-order valence-electron chi connectivity index (χ2n) is 40.7. The molecule has 0 unspecified atom stereocenters. The van der Waals surface area contributed by atoms with Crippen LogP contribution in [-0.2, 0) is 73.2 Å². The number of alkyl halides is 1. The summed E-state index contributed by atoms with van der Waals surface area (Å²) in [6.07, 6.45) is 27.2. The van der Waals surface area contributed by atoms with Gasteiger partial charge in [-0.1, -0.05) is 157 Å². The molecule has 20 nitrogen and oxygen atoms in total. The molecule has 8 heterocycles. The molecule has 2 saturated carbocycles. The van der Waals surface area contributed by atoms with E-state index in [4.69, 9.17) is 66.2 Å². The lowest BCUT2D eigenvalue weighted by atomic mass is 9.51. The average Bonchev–Trinajstić information content (AvgIpc) is 1.48. The van der Waals surface area contributed by atoms with Crippen LogP contribution in [0.5, 0.6) is 0 Å². The summed E-state index contributed by atoms with van der Waals surface area (Å²) in [5.41, 5.74) is 15.4. The van der Waals surface area contributed by atoms with E-state index in [0.717, 1.165) is 134 Å². The first-order chi connectivity index (χ1) is 69.0. The predicted molar refractivity (Wildman–Crippen MR) is 541 cm³/mol. The first kappa shape index (κ1) is 94.9. The Morgan fingerprint density at radius 2 is 0.825 bits per heavy atom. The molecule has 0 bridgehead atoms. The molecule has 5 aromatic carbocycles. The third-order valence-electron chi connectivity index (χ3n) is 31.8. The molecule has 710 valence electrons. The number of hydrogen-bond donors (Lipinski definition) is 0. The van der Waals surface area contributed by atoms with Crippen LogP contribution in [0.4, 0.5) is 17.6 Å². The SMILES string of the molecule is [C-]#[N+]C1=C[C@@]2(C)c3nc(-c4ccnc(C5CC5)c4)nc(-c4ccccc4F)c3CC[C@@H]2[C@@H](CC=C)C1=O.[C-]#[N+]C1=C[C@@]2(C)c3nc(-c4ccnc(CF)c4)nc(-c4ccccc4F)c3CC[C@@H]2[C@@H](C)C1=O.[C-]#[N+]C1=C[C@@]2(C)c3nc(-c4ccnc5ccccc45)nc(-c4ccccc4F)c3CC[C@@H]2[C@@](C)(CC(=C)C)C1=O.[C-]#[N+]C1=C[C@@]2(C)c3nc(-c4ccnc5ccccc45)nc(C4CC4)c3CC[C@@H]2[C@@H](C)C1=O. The number of aromatic nitrogens is 12. The summed E-state index contributed by atoms with van der Waals surface area (Å²) in [6.45, 7) is 53.9. The van der Waals surface area contributed by atoms with Gasteiger partial charge in [0.2, 0.25) is 22.8 Å². The van der Waals surface area contributed by atoms with Crippen molar-refractivity contribution >= 4 is 44.9 Å². The highest BCUT2D eigenvalue weighted by Crippen LogP contribution is 2.61. The van der Waals surface area contributed by atoms with E-state index in [0.29, 0.717) is 119 Å². The van der Waals surface area contributed by atoms with E-state index >= 15 is 8.78 Å².